The van der Waals surface area contributed by atoms with E-state index in [-0.39, 0.29) is 6.03 Å². The molecule has 1 aromatic rings. The second-order valence-electron chi connectivity index (χ2n) is 4.17. The molecule has 0 spiro atoms. The lowest BCUT2D eigenvalue weighted by molar-refractivity contribution is 0.252. The Kier molecular flexibility index (Phi) is 8.41. The van der Waals surface area contributed by atoms with Crippen molar-refractivity contribution in [2.75, 3.05) is 30.7 Å². The SMILES string of the molecule is O=C(NCCCNCCSP(=O)(O)O)Nc1ccccc1. The first-order valence-electron chi connectivity index (χ1n) is 6.48. The zero-order chi connectivity index (χ0) is 15.6. The van der Waals surface area contributed by atoms with Crippen molar-refractivity contribution in [1.29, 1.82) is 0 Å². The predicted molar refractivity (Wildman–Crippen MR) is 85.5 cm³/mol. The standard InChI is InChI=1S/C12H20N3O4PS/c16-12(15-11-5-2-1-3-6-11)14-8-4-7-13-9-10-21-20(17,18)19/h1-3,5-6,13H,4,7-10H2,(H2,14,15,16)(H2,17,18,19). The Labute approximate surface area is 127 Å². The molecular weight excluding hydrogens is 313 g/mol. The lowest BCUT2D eigenvalue weighted by Crippen LogP contribution is -2.31. The van der Waals surface area contributed by atoms with Gasteiger partial charge in [0.1, 0.15) is 0 Å². The molecule has 0 fully saturated rings. The van der Waals surface area contributed by atoms with Crippen molar-refractivity contribution in [3.8, 4) is 0 Å². The van der Waals surface area contributed by atoms with Crippen LogP contribution in [0.15, 0.2) is 30.3 Å². The van der Waals surface area contributed by atoms with Crippen LogP contribution in [0.2, 0.25) is 0 Å². The topological polar surface area (TPSA) is 111 Å². The van der Waals surface area contributed by atoms with Crippen molar-refractivity contribution in [2.24, 2.45) is 0 Å². The minimum Gasteiger partial charge on any atom is -0.338 e. The predicted octanol–water partition coefficient (Wildman–Crippen LogP) is 1.61. The molecule has 0 bridgehead atoms. The number of benzene rings is 1. The monoisotopic (exact) mass is 333 g/mol. The summed E-state index contributed by atoms with van der Waals surface area (Å²) < 4.78 is 10.6. The third-order valence-corrected chi connectivity index (χ3v) is 4.67. The Morgan fingerprint density at radius 1 is 1.14 bits per heavy atom. The summed E-state index contributed by atoms with van der Waals surface area (Å²) in [7, 11) is 0. The molecule has 0 aliphatic heterocycles. The molecule has 0 atom stereocenters. The molecule has 0 saturated heterocycles. The highest BCUT2D eigenvalue weighted by molar-refractivity contribution is 8.54. The maximum absolute atomic E-state index is 11.5. The first-order valence-corrected chi connectivity index (χ1v) is 9.68. The molecule has 0 aliphatic carbocycles. The normalized spacial score (nSPS) is 11.1. The number of anilines is 1. The molecule has 7 nitrogen and oxygen atoms in total. The molecule has 0 unspecified atom stereocenters. The van der Waals surface area contributed by atoms with Gasteiger partial charge >= 0.3 is 12.8 Å². The number of hydrogen-bond acceptors (Lipinski definition) is 4. The van der Waals surface area contributed by atoms with Gasteiger partial charge in [-0.1, -0.05) is 18.2 Å². The van der Waals surface area contributed by atoms with E-state index in [1.807, 2.05) is 18.2 Å². The molecule has 0 aliphatic rings. The van der Waals surface area contributed by atoms with Crippen LogP contribution in [-0.2, 0) is 4.57 Å². The van der Waals surface area contributed by atoms with E-state index in [1.165, 1.54) is 0 Å². The maximum atomic E-state index is 11.5. The highest BCUT2D eigenvalue weighted by atomic mass is 32.7. The third kappa shape index (κ3) is 10.3. The average molecular weight is 333 g/mol. The summed E-state index contributed by atoms with van der Waals surface area (Å²) in [6.45, 7) is -2.24. The number of hydrogen-bond donors (Lipinski definition) is 5. The summed E-state index contributed by atoms with van der Waals surface area (Å²) in [6.07, 6.45) is 0.739. The molecule has 118 valence electrons. The molecular formula is C12H20N3O4PS. The van der Waals surface area contributed by atoms with Crippen molar-refractivity contribution in [2.45, 2.75) is 6.42 Å². The van der Waals surface area contributed by atoms with Crippen LogP contribution in [0.25, 0.3) is 0 Å². The van der Waals surface area contributed by atoms with Crippen LogP contribution in [0, 0.1) is 0 Å². The summed E-state index contributed by atoms with van der Waals surface area (Å²) in [5, 5.41) is 8.48. The van der Waals surface area contributed by atoms with E-state index in [4.69, 9.17) is 9.79 Å². The number of carbonyl (C=O) groups excluding carboxylic acids is 1. The molecule has 9 heteroatoms. The Hall–Kier alpha value is -1.05. The van der Waals surface area contributed by atoms with Crippen LogP contribution >= 0.6 is 18.2 Å². The second kappa shape index (κ2) is 9.81. The zero-order valence-electron chi connectivity index (χ0n) is 11.5. The zero-order valence-corrected chi connectivity index (χ0v) is 13.2. The van der Waals surface area contributed by atoms with E-state index in [0.717, 1.165) is 12.1 Å². The number of amides is 2. The molecule has 2 amide bonds. The molecule has 0 heterocycles. The van der Waals surface area contributed by atoms with E-state index < -0.39 is 6.80 Å². The fourth-order valence-corrected chi connectivity index (χ4v) is 2.93. The van der Waals surface area contributed by atoms with Crippen molar-refractivity contribution in [3.63, 3.8) is 0 Å². The summed E-state index contributed by atoms with van der Waals surface area (Å²) in [5.74, 6) is 0.353. The van der Waals surface area contributed by atoms with Crippen LogP contribution in [0.4, 0.5) is 10.5 Å². The van der Waals surface area contributed by atoms with Crippen LogP contribution in [0.3, 0.4) is 0 Å². The van der Waals surface area contributed by atoms with Gasteiger partial charge in [-0.2, -0.15) is 0 Å². The smallest absolute Gasteiger partial charge is 0.338 e. The second-order valence-corrected chi connectivity index (χ2v) is 8.02. The fourth-order valence-electron chi connectivity index (χ4n) is 1.47. The molecule has 0 saturated carbocycles. The van der Waals surface area contributed by atoms with Gasteiger partial charge in [0.15, 0.2) is 0 Å². The summed E-state index contributed by atoms with van der Waals surface area (Å²) in [6, 6.07) is 8.92. The van der Waals surface area contributed by atoms with Crippen molar-refractivity contribution >= 4 is 29.9 Å². The number of carbonyl (C=O) groups is 1. The first kappa shape index (κ1) is 18.0. The molecule has 0 radical (unpaired) electrons. The van der Waals surface area contributed by atoms with Crippen LogP contribution in [0.1, 0.15) is 6.42 Å². The summed E-state index contributed by atoms with van der Waals surface area (Å²) in [5.41, 5.74) is 0.739. The Morgan fingerprint density at radius 2 is 1.86 bits per heavy atom. The van der Waals surface area contributed by atoms with E-state index in [2.05, 4.69) is 16.0 Å². The molecule has 0 aromatic heterocycles. The van der Waals surface area contributed by atoms with Gasteiger partial charge < -0.3 is 25.7 Å². The van der Waals surface area contributed by atoms with Gasteiger partial charge in [0.25, 0.3) is 0 Å². The van der Waals surface area contributed by atoms with Crippen LogP contribution < -0.4 is 16.0 Å². The summed E-state index contributed by atoms with van der Waals surface area (Å²) in [4.78, 5) is 28.8. The van der Waals surface area contributed by atoms with Crippen molar-refractivity contribution in [1.82, 2.24) is 10.6 Å². The third-order valence-electron chi connectivity index (χ3n) is 2.39. The Morgan fingerprint density at radius 3 is 2.52 bits per heavy atom. The fraction of sp³-hybridized carbons (Fsp3) is 0.417. The number of urea groups is 1. The van der Waals surface area contributed by atoms with Gasteiger partial charge in [0.2, 0.25) is 0 Å². The van der Waals surface area contributed by atoms with E-state index in [0.29, 0.717) is 36.8 Å². The lowest BCUT2D eigenvalue weighted by Gasteiger charge is -2.08. The van der Waals surface area contributed by atoms with E-state index in [9.17, 15) is 9.36 Å². The lowest BCUT2D eigenvalue weighted by atomic mass is 10.3. The largest absolute Gasteiger partial charge is 0.384 e. The van der Waals surface area contributed by atoms with Crippen LogP contribution in [-0.4, -0.2) is 41.2 Å². The van der Waals surface area contributed by atoms with Gasteiger partial charge in [-0.3, -0.25) is 0 Å². The van der Waals surface area contributed by atoms with E-state index >= 15 is 0 Å². The highest BCUT2D eigenvalue weighted by Crippen LogP contribution is 2.49. The molecule has 21 heavy (non-hydrogen) atoms. The minimum atomic E-state index is -3.96. The minimum absolute atomic E-state index is 0.252. The van der Waals surface area contributed by atoms with Crippen LogP contribution in [0.5, 0.6) is 0 Å². The van der Waals surface area contributed by atoms with Gasteiger partial charge in [-0.25, -0.2) is 9.36 Å². The molecule has 5 N–H and O–H groups in total. The first-order chi connectivity index (χ1) is 9.97. The Bertz CT molecular complexity index is 469. The maximum Gasteiger partial charge on any atom is 0.384 e. The van der Waals surface area contributed by atoms with Crippen molar-refractivity contribution in [3.05, 3.63) is 30.3 Å². The van der Waals surface area contributed by atoms with E-state index in [1.54, 1.807) is 12.1 Å². The molecule has 1 rings (SSSR count). The number of rotatable bonds is 9. The summed E-state index contributed by atoms with van der Waals surface area (Å²) >= 11 is 0.628. The van der Waals surface area contributed by atoms with Gasteiger partial charge in [-0.05, 0) is 36.5 Å². The number of para-hydroxylation sites is 1. The van der Waals surface area contributed by atoms with Gasteiger partial charge in [0, 0.05) is 24.5 Å². The van der Waals surface area contributed by atoms with Crippen molar-refractivity contribution < 1.29 is 19.1 Å². The quantitative estimate of drug-likeness (QED) is 0.347. The highest BCUT2D eigenvalue weighted by Gasteiger charge is 2.11. The number of nitrogens with one attached hydrogen (secondary N) is 3. The molecule has 1 aromatic carbocycles. The average Bonchev–Trinajstić information content (AvgIpc) is 2.41. The van der Waals surface area contributed by atoms with Gasteiger partial charge in [-0.15, -0.1) is 0 Å². The Balaban J connectivity index is 1.97. The van der Waals surface area contributed by atoms with Gasteiger partial charge in [0.05, 0.1) is 0 Å².